The van der Waals surface area contributed by atoms with E-state index in [1.54, 1.807) is 0 Å². The molecule has 0 amide bonds. The van der Waals surface area contributed by atoms with E-state index in [1.165, 1.54) is 78.4 Å². The second-order valence-corrected chi connectivity index (χ2v) is 6.45. The van der Waals surface area contributed by atoms with Crippen molar-refractivity contribution >= 4 is 0 Å². The summed E-state index contributed by atoms with van der Waals surface area (Å²) >= 11 is 0. The van der Waals surface area contributed by atoms with E-state index >= 15 is 0 Å². The zero-order valence-corrected chi connectivity index (χ0v) is 15.9. The Morgan fingerprint density at radius 3 is 1.45 bits per heavy atom. The van der Waals surface area contributed by atoms with E-state index in [0.717, 1.165) is 0 Å². The topological polar surface area (TPSA) is 13.0 Å². The van der Waals surface area contributed by atoms with Crippen LogP contribution >= 0.6 is 0 Å². The second-order valence-electron chi connectivity index (χ2n) is 6.45. The largest absolute Gasteiger partial charge is 0.301 e. The maximum atomic E-state index is 2.70. The van der Waals surface area contributed by atoms with Crippen LogP contribution in [0.25, 0.3) is 0 Å². The molecule has 0 spiro atoms. The standard InChI is InChI=1S/C18H40N4/c1-6-18-17-21(9-4)14-13-19(7-2)11-12-20(8-3)15-16-22(18)10-5/h18H,6-17H2,1-5H3. The fraction of sp³-hybridized carbons (Fsp3) is 1.00. The number of hydrogen-bond donors (Lipinski definition) is 0. The van der Waals surface area contributed by atoms with Gasteiger partial charge in [0, 0.05) is 51.9 Å². The lowest BCUT2D eigenvalue weighted by Crippen LogP contribution is -2.49. The van der Waals surface area contributed by atoms with Gasteiger partial charge in [-0.1, -0.05) is 34.6 Å². The van der Waals surface area contributed by atoms with Gasteiger partial charge >= 0.3 is 0 Å². The first kappa shape index (κ1) is 19.9. The summed E-state index contributed by atoms with van der Waals surface area (Å²) < 4.78 is 0. The van der Waals surface area contributed by atoms with Crippen molar-refractivity contribution in [2.45, 2.75) is 47.1 Å². The van der Waals surface area contributed by atoms with Crippen LogP contribution in [-0.4, -0.2) is 97.6 Å². The number of likely N-dealkylation sites (N-methyl/N-ethyl adjacent to an activating group) is 4. The van der Waals surface area contributed by atoms with Crippen molar-refractivity contribution in [1.82, 2.24) is 19.6 Å². The lowest BCUT2D eigenvalue weighted by Gasteiger charge is -2.37. The maximum absolute atomic E-state index is 2.70. The first-order valence-electron chi connectivity index (χ1n) is 9.59. The van der Waals surface area contributed by atoms with Gasteiger partial charge in [0.05, 0.1) is 0 Å². The summed E-state index contributed by atoms with van der Waals surface area (Å²) in [6, 6.07) is 0.707. The Morgan fingerprint density at radius 1 is 0.591 bits per heavy atom. The number of nitrogens with zero attached hydrogens (tertiary/aromatic N) is 4. The third-order valence-corrected chi connectivity index (χ3v) is 5.37. The molecule has 0 radical (unpaired) electrons. The summed E-state index contributed by atoms with van der Waals surface area (Å²) in [7, 11) is 0. The van der Waals surface area contributed by atoms with E-state index in [1.807, 2.05) is 0 Å². The summed E-state index contributed by atoms with van der Waals surface area (Å²) in [5.74, 6) is 0. The van der Waals surface area contributed by atoms with Crippen LogP contribution < -0.4 is 0 Å². The Kier molecular flexibility index (Phi) is 10.3. The molecule has 1 aliphatic heterocycles. The zero-order valence-electron chi connectivity index (χ0n) is 15.9. The smallest absolute Gasteiger partial charge is 0.0220 e. The highest BCUT2D eigenvalue weighted by atomic mass is 15.3. The minimum Gasteiger partial charge on any atom is -0.301 e. The first-order chi connectivity index (χ1) is 10.7. The van der Waals surface area contributed by atoms with Crippen molar-refractivity contribution in [3.8, 4) is 0 Å². The quantitative estimate of drug-likeness (QED) is 0.770. The average Bonchev–Trinajstić information content (AvgIpc) is 2.55. The van der Waals surface area contributed by atoms with Gasteiger partial charge in [-0.2, -0.15) is 0 Å². The van der Waals surface area contributed by atoms with Gasteiger partial charge in [0.2, 0.25) is 0 Å². The fourth-order valence-electron chi connectivity index (χ4n) is 3.47. The van der Waals surface area contributed by atoms with E-state index in [9.17, 15) is 0 Å². The van der Waals surface area contributed by atoms with Gasteiger partial charge in [-0.05, 0) is 32.6 Å². The fourth-order valence-corrected chi connectivity index (χ4v) is 3.47. The van der Waals surface area contributed by atoms with Crippen LogP contribution in [0.3, 0.4) is 0 Å². The molecule has 1 saturated heterocycles. The highest BCUT2D eigenvalue weighted by Crippen LogP contribution is 2.09. The third kappa shape index (κ3) is 6.53. The van der Waals surface area contributed by atoms with Gasteiger partial charge in [-0.3, -0.25) is 4.90 Å². The Hall–Kier alpha value is -0.160. The molecule has 0 saturated carbocycles. The van der Waals surface area contributed by atoms with Crippen molar-refractivity contribution in [1.29, 1.82) is 0 Å². The molecule has 1 aliphatic rings. The second kappa shape index (κ2) is 11.4. The highest BCUT2D eigenvalue weighted by molar-refractivity contribution is 4.77. The molecule has 1 fully saturated rings. The Bertz CT molecular complexity index is 272. The van der Waals surface area contributed by atoms with Crippen LogP contribution in [-0.2, 0) is 0 Å². The molecule has 0 aromatic rings. The molecule has 0 aliphatic carbocycles. The monoisotopic (exact) mass is 312 g/mol. The van der Waals surface area contributed by atoms with Crippen LogP contribution in [0.15, 0.2) is 0 Å². The van der Waals surface area contributed by atoms with Crippen molar-refractivity contribution in [2.24, 2.45) is 0 Å². The molecule has 0 aromatic carbocycles. The minimum atomic E-state index is 0.707. The summed E-state index contributed by atoms with van der Waals surface area (Å²) in [5.41, 5.74) is 0. The Balaban J connectivity index is 2.77. The third-order valence-electron chi connectivity index (χ3n) is 5.37. The molecular formula is C18H40N4. The predicted molar refractivity (Wildman–Crippen MR) is 97.7 cm³/mol. The number of rotatable bonds is 5. The Labute approximate surface area is 139 Å². The van der Waals surface area contributed by atoms with Gasteiger partial charge in [-0.15, -0.1) is 0 Å². The minimum absolute atomic E-state index is 0.707. The summed E-state index contributed by atoms with van der Waals surface area (Å²) in [4.78, 5) is 10.6. The molecule has 1 rings (SSSR count). The van der Waals surface area contributed by atoms with Crippen molar-refractivity contribution in [3.63, 3.8) is 0 Å². The zero-order chi connectivity index (χ0) is 16.4. The first-order valence-corrected chi connectivity index (χ1v) is 9.59. The molecular weight excluding hydrogens is 272 g/mol. The number of hydrogen-bond acceptors (Lipinski definition) is 4. The molecule has 1 atom stereocenters. The maximum Gasteiger partial charge on any atom is 0.0220 e. The summed E-state index contributed by atoms with van der Waals surface area (Å²) in [5, 5.41) is 0. The van der Waals surface area contributed by atoms with Crippen LogP contribution in [0.5, 0.6) is 0 Å². The van der Waals surface area contributed by atoms with Gasteiger partial charge in [0.15, 0.2) is 0 Å². The van der Waals surface area contributed by atoms with Crippen LogP contribution in [0.4, 0.5) is 0 Å². The SMILES string of the molecule is CCC1CN(CC)CCN(CC)CCN(CC)CCN1CC. The lowest BCUT2D eigenvalue weighted by molar-refractivity contribution is 0.103. The molecule has 0 N–H and O–H groups in total. The summed E-state index contributed by atoms with van der Waals surface area (Å²) in [6.07, 6.45) is 1.26. The summed E-state index contributed by atoms with van der Waals surface area (Å²) in [6.45, 7) is 24.8. The molecule has 132 valence electrons. The van der Waals surface area contributed by atoms with E-state index in [-0.39, 0.29) is 0 Å². The van der Waals surface area contributed by atoms with Crippen LogP contribution in [0, 0.1) is 0 Å². The molecule has 0 bridgehead atoms. The van der Waals surface area contributed by atoms with E-state index < -0.39 is 0 Å². The van der Waals surface area contributed by atoms with E-state index in [4.69, 9.17) is 0 Å². The Morgan fingerprint density at radius 2 is 1.05 bits per heavy atom. The van der Waals surface area contributed by atoms with Crippen molar-refractivity contribution in [3.05, 3.63) is 0 Å². The van der Waals surface area contributed by atoms with Gasteiger partial charge in [-0.25, -0.2) is 0 Å². The molecule has 4 heteroatoms. The highest BCUT2D eigenvalue weighted by Gasteiger charge is 2.20. The van der Waals surface area contributed by atoms with E-state index in [0.29, 0.717) is 6.04 Å². The van der Waals surface area contributed by atoms with Crippen LogP contribution in [0.2, 0.25) is 0 Å². The predicted octanol–water partition coefficient (Wildman–Crippen LogP) is 2.07. The van der Waals surface area contributed by atoms with E-state index in [2.05, 4.69) is 54.2 Å². The molecule has 1 heterocycles. The normalized spacial score (nSPS) is 25.8. The molecule has 22 heavy (non-hydrogen) atoms. The van der Waals surface area contributed by atoms with Crippen molar-refractivity contribution in [2.75, 3.05) is 72.0 Å². The molecule has 0 aromatic heterocycles. The van der Waals surface area contributed by atoms with Gasteiger partial charge in [0.25, 0.3) is 0 Å². The average molecular weight is 313 g/mol. The van der Waals surface area contributed by atoms with Crippen molar-refractivity contribution < 1.29 is 0 Å². The van der Waals surface area contributed by atoms with Crippen LogP contribution in [0.1, 0.15) is 41.0 Å². The van der Waals surface area contributed by atoms with Gasteiger partial charge < -0.3 is 14.7 Å². The lowest BCUT2D eigenvalue weighted by atomic mass is 10.1. The molecule has 1 unspecified atom stereocenters. The van der Waals surface area contributed by atoms with Gasteiger partial charge in [0.1, 0.15) is 0 Å². The molecule has 4 nitrogen and oxygen atoms in total.